The summed E-state index contributed by atoms with van der Waals surface area (Å²) >= 11 is 0. The van der Waals surface area contributed by atoms with E-state index in [0.717, 1.165) is 12.1 Å². The average Bonchev–Trinajstić information content (AvgIpc) is 2.52. The molecule has 2 rings (SSSR count). The maximum absolute atomic E-state index is 13.1. The molecule has 134 valence electrons. The molecule has 0 aliphatic carbocycles. The Morgan fingerprint density at radius 2 is 1.92 bits per heavy atom. The molecule has 5 nitrogen and oxygen atoms in total. The van der Waals surface area contributed by atoms with Crippen LogP contribution in [0.3, 0.4) is 0 Å². The molecular formula is C18H27FN2O3. The van der Waals surface area contributed by atoms with E-state index in [1.807, 2.05) is 27.8 Å². The summed E-state index contributed by atoms with van der Waals surface area (Å²) in [5, 5.41) is 0. The highest BCUT2D eigenvalue weighted by atomic mass is 19.1. The largest absolute Gasteiger partial charge is 0.444 e. The maximum Gasteiger partial charge on any atom is 0.410 e. The summed E-state index contributed by atoms with van der Waals surface area (Å²) in [6, 6.07) is 6.51. The van der Waals surface area contributed by atoms with Crippen LogP contribution in [0.4, 0.5) is 14.9 Å². The summed E-state index contributed by atoms with van der Waals surface area (Å²) in [6.07, 6.45) is 0.305. The van der Waals surface area contributed by atoms with E-state index in [9.17, 15) is 9.18 Å². The highest BCUT2D eigenvalue weighted by Gasteiger charge is 2.35. The van der Waals surface area contributed by atoms with Gasteiger partial charge in [-0.05, 0) is 51.5 Å². The molecule has 1 heterocycles. The topological polar surface area (TPSA) is 42.0 Å². The van der Waals surface area contributed by atoms with Gasteiger partial charge in [-0.3, -0.25) is 0 Å². The third-order valence-electron chi connectivity index (χ3n) is 4.21. The van der Waals surface area contributed by atoms with Gasteiger partial charge in [-0.2, -0.15) is 0 Å². The van der Waals surface area contributed by atoms with Crippen molar-refractivity contribution in [2.24, 2.45) is 0 Å². The van der Waals surface area contributed by atoms with Gasteiger partial charge in [0.05, 0.1) is 18.7 Å². The molecule has 6 heteroatoms. The predicted molar refractivity (Wildman–Crippen MR) is 91.8 cm³/mol. The molecular weight excluding hydrogens is 311 g/mol. The van der Waals surface area contributed by atoms with Crippen LogP contribution < -0.4 is 4.90 Å². The molecule has 0 spiro atoms. The summed E-state index contributed by atoms with van der Waals surface area (Å²) < 4.78 is 24.2. The number of piperidine rings is 1. The van der Waals surface area contributed by atoms with Gasteiger partial charge in [-0.15, -0.1) is 0 Å². The van der Waals surface area contributed by atoms with Crippen molar-refractivity contribution in [1.29, 1.82) is 0 Å². The summed E-state index contributed by atoms with van der Waals surface area (Å²) in [6.45, 7) is 6.64. The van der Waals surface area contributed by atoms with Crippen LogP contribution in [0.5, 0.6) is 0 Å². The van der Waals surface area contributed by atoms with Crippen molar-refractivity contribution in [3.63, 3.8) is 0 Å². The summed E-state index contributed by atoms with van der Waals surface area (Å²) in [5.41, 5.74) is 0.413. The number of hydrogen-bond acceptors (Lipinski definition) is 4. The van der Waals surface area contributed by atoms with Gasteiger partial charge in [0.1, 0.15) is 11.4 Å². The molecule has 2 atom stereocenters. The van der Waals surface area contributed by atoms with Crippen LogP contribution in [0.15, 0.2) is 24.3 Å². The first kappa shape index (κ1) is 18.5. The number of carbonyl (C=O) groups is 1. The smallest absolute Gasteiger partial charge is 0.410 e. The highest BCUT2D eigenvalue weighted by molar-refractivity contribution is 5.68. The predicted octanol–water partition coefficient (Wildman–Crippen LogP) is 3.29. The Balaban J connectivity index is 2.04. The molecule has 1 aromatic rings. The first-order chi connectivity index (χ1) is 11.2. The number of rotatable bonds is 3. The van der Waals surface area contributed by atoms with Gasteiger partial charge in [-0.1, -0.05) is 0 Å². The average molecular weight is 338 g/mol. The molecule has 1 aliphatic heterocycles. The van der Waals surface area contributed by atoms with Crippen molar-refractivity contribution in [2.45, 2.75) is 44.9 Å². The number of nitrogens with zero attached hydrogens (tertiary/aromatic N) is 2. The molecule has 0 saturated carbocycles. The van der Waals surface area contributed by atoms with Crippen molar-refractivity contribution in [3.05, 3.63) is 30.1 Å². The van der Waals surface area contributed by atoms with E-state index in [1.165, 1.54) is 12.1 Å². The lowest BCUT2D eigenvalue weighted by Gasteiger charge is -2.42. The van der Waals surface area contributed by atoms with Crippen LogP contribution in [0.1, 0.15) is 27.2 Å². The van der Waals surface area contributed by atoms with Gasteiger partial charge in [0.25, 0.3) is 0 Å². The van der Waals surface area contributed by atoms with Crippen molar-refractivity contribution >= 4 is 11.8 Å². The van der Waals surface area contributed by atoms with E-state index in [0.29, 0.717) is 13.1 Å². The van der Waals surface area contributed by atoms with Crippen LogP contribution in [0.2, 0.25) is 0 Å². The first-order valence-electron chi connectivity index (χ1n) is 8.20. The van der Waals surface area contributed by atoms with Gasteiger partial charge in [0.15, 0.2) is 0 Å². The van der Waals surface area contributed by atoms with Crippen molar-refractivity contribution < 1.29 is 18.7 Å². The van der Waals surface area contributed by atoms with E-state index in [2.05, 4.69) is 4.90 Å². The van der Waals surface area contributed by atoms with Crippen molar-refractivity contribution in [2.75, 3.05) is 32.1 Å². The van der Waals surface area contributed by atoms with Gasteiger partial charge in [0.2, 0.25) is 0 Å². The lowest BCUT2D eigenvalue weighted by molar-refractivity contribution is -0.0133. The van der Waals surface area contributed by atoms with E-state index in [-0.39, 0.29) is 24.1 Å². The fourth-order valence-corrected chi connectivity index (χ4v) is 2.94. The number of benzene rings is 1. The van der Waals surface area contributed by atoms with Crippen molar-refractivity contribution in [3.8, 4) is 0 Å². The summed E-state index contributed by atoms with van der Waals surface area (Å²) in [4.78, 5) is 16.0. The number of halogens is 1. The standard InChI is InChI=1S/C18H27FN2O3/c1-18(2,3)24-17(22)21-11-10-15(16(12-21)23-5)20(4)14-8-6-13(19)7-9-14/h6-9,15-16H,10-12H2,1-5H3/t15-,16-/m1/s1. The van der Waals surface area contributed by atoms with Gasteiger partial charge < -0.3 is 19.3 Å². The molecule has 1 aliphatic rings. The number of anilines is 1. The van der Waals surface area contributed by atoms with Gasteiger partial charge in [0, 0.05) is 26.4 Å². The molecule has 0 N–H and O–H groups in total. The number of likely N-dealkylation sites (N-methyl/N-ethyl adjacent to an activating group) is 1. The second kappa shape index (κ2) is 7.38. The first-order valence-corrected chi connectivity index (χ1v) is 8.20. The van der Waals surface area contributed by atoms with E-state index in [4.69, 9.17) is 9.47 Å². The van der Waals surface area contributed by atoms with Gasteiger partial charge in [-0.25, -0.2) is 9.18 Å². The normalized spacial score (nSPS) is 21.5. The molecule has 1 saturated heterocycles. The Hall–Kier alpha value is -1.82. The second-order valence-corrected chi connectivity index (χ2v) is 7.14. The zero-order valence-corrected chi connectivity index (χ0v) is 15.1. The monoisotopic (exact) mass is 338 g/mol. The molecule has 0 bridgehead atoms. The second-order valence-electron chi connectivity index (χ2n) is 7.14. The Labute approximate surface area is 143 Å². The molecule has 24 heavy (non-hydrogen) atoms. The number of ether oxygens (including phenoxy) is 2. The van der Waals surface area contributed by atoms with E-state index < -0.39 is 5.60 Å². The van der Waals surface area contributed by atoms with Crippen LogP contribution in [-0.4, -0.2) is 56.0 Å². The number of amides is 1. The fraction of sp³-hybridized carbons (Fsp3) is 0.611. The Morgan fingerprint density at radius 3 is 2.46 bits per heavy atom. The number of likely N-dealkylation sites (tertiary alicyclic amines) is 1. The number of hydrogen-bond donors (Lipinski definition) is 0. The Kier molecular flexibility index (Phi) is 5.70. The lowest BCUT2D eigenvalue weighted by Crippen LogP contribution is -2.56. The van der Waals surface area contributed by atoms with Crippen LogP contribution in [-0.2, 0) is 9.47 Å². The lowest BCUT2D eigenvalue weighted by atomic mass is 10.00. The Bertz CT molecular complexity index is 556. The molecule has 1 amide bonds. The van der Waals surface area contributed by atoms with E-state index >= 15 is 0 Å². The van der Waals surface area contributed by atoms with E-state index in [1.54, 1.807) is 24.1 Å². The van der Waals surface area contributed by atoms with Gasteiger partial charge >= 0.3 is 6.09 Å². The SMILES string of the molecule is CO[C@@H]1CN(C(=O)OC(C)(C)C)CC[C@H]1N(C)c1ccc(F)cc1. The minimum Gasteiger partial charge on any atom is -0.444 e. The Morgan fingerprint density at radius 1 is 1.29 bits per heavy atom. The minimum atomic E-state index is -0.512. The highest BCUT2D eigenvalue weighted by Crippen LogP contribution is 2.25. The third-order valence-corrected chi connectivity index (χ3v) is 4.21. The maximum atomic E-state index is 13.1. The third kappa shape index (κ3) is 4.60. The summed E-state index contributed by atoms with van der Waals surface area (Å²) in [7, 11) is 3.61. The number of methoxy groups -OCH3 is 1. The quantitative estimate of drug-likeness (QED) is 0.848. The number of carbonyl (C=O) groups excluding carboxylic acids is 1. The molecule has 0 radical (unpaired) electrons. The molecule has 1 aromatic carbocycles. The van der Waals surface area contributed by atoms with Crippen LogP contribution in [0, 0.1) is 5.82 Å². The van der Waals surface area contributed by atoms with Crippen LogP contribution >= 0.6 is 0 Å². The molecule has 0 unspecified atom stereocenters. The van der Waals surface area contributed by atoms with Crippen molar-refractivity contribution in [1.82, 2.24) is 4.90 Å². The minimum absolute atomic E-state index is 0.110. The summed E-state index contributed by atoms with van der Waals surface area (Å²) in [5.74, 6) is -0.254. The molecule has 0 aromatic heterocycles. The zero-order valence-electron chi connectivity index (χ0n) is 15.1. The zero-order chi connectivity index (χ0) is 17.9. The fourth-order valence-electron chi connectivity index (χ4n) is 2.94. The van der Waals surface area contributed by atoms with Crippen LogP contribution in [0.25, 0.3) is 0 Å². The molecule has 1 fully saturated rings.